The van der Waals surface area contributed by atoms with Crippen molar-refractivity contribution < 1.29 is 4.39 Å². The highest BCUT2D eigenvalue weighted by molar-refractivity contribution is 7.99. The van der Waals surface area contributed by atoms with Crippen molar-refractivity contribution in [2.24, 2.45) is 0 Å². The van der Waals surface area contributed by atoms with Gasteiger partial charge in [0.1, 0.15) is 5.52 Å². The molecular weight excluding hydrogens is 247 g/mol. The highest BCUT2D eigenvalue weighted by atomic mass is 35.5. The molecule has 0 saturated heterocycles. The molecular formula is C11H12ClFN2S. The van der Waals surface area contributed by atoms with Crippen LogP contribution in [0.15, 0.2) is 29.4 Å². The van der Waals surface area contributed by atoms with Crippen LogP contribution in [0, 0.1) is 0 Å². The minimum absolute atomic E-state index is 0.500. The highest BCUT2D eigenvalue weighted by Gasteiger charge is 2.04. The van der Waals surface area contributed by atoms with Gasteiger partial charge in [0.2, 0.25) is 0 Å². The Kier molecular flexibility index (Phi) is 5.49. The van der Waals surface area contributed by atoms with E-state index >= 15 is 0 Å². The third kappa shape index (κ3) is 3.06. The van der Waals surface area contributed by atoms with Crippen molar-refractivity contribution in [3.05, 3.63) is 29.5 Å². The molecule has 0 bridgehead atoms. The topological polar surface area (TPSA) is 25.8 Å². The molecule has 1 aromatic carbocycles. The van der Waals surface area contributed by atoms with Crippen LogP contribution >= 0.6 is 23.4 Å². The lowest BCUT2D eigenvalue weighted by Crippen LogP contribution is -1.85. The molecule has 1 aromatic heterocycles. The summed E-state index contributed by atoms with van der Waals surface area (Å²) in [7, 11) is 0.500. The summed E-state index contributed by atoms with van der Waals surface area (Å²) >= 11 is 7.71. The quantitative estimate of drug-likeness (QED) is 0.762. The average molecular weight is 259 g/mol. The zero-order chi connectivity index (χ0) is 12.0. The third-order valence-electron chi connectivity index (χ3n) is 1.80. The van der Waals surface area contributed by atoms with Gasteiger partial charge in [-0.25, -0.2) is 0 Å². The number of fused-ring (bicyclic) bond motifs is 1. The molecule has 16 heavy (non-hydrogen) atoms. The fourth-order valence-corrected chi connectivity index (χ4v) is 2.37. The Hall–Kier alpha value is -0.870. The Morgan fingerprint density at radius 1 is 1.25 bits per heavy atom. The van der Waals surface area contributed by atoms with Crippen LogP contribution < -0.4 is 0 Å². The number of halogens is 2. The van der Waals surface area contributed by atoms with Gasteiger partial charge in [-0.05, 0) is 17.9 Å². The molecule has 2 rings (SSSR count). The van der Waals surface area contributed by atoms with E-state index in [1.807, 2.05) is 12.1 Å². The van der Waals surface area contributed by atoms with Gasteiger partial charge >= 0.3 is 0 Å². The second-order valence-electron chi connectivity index (χ2n) is 2.76. The van der Waals surface area contributed by atoms with E-state index in [2.05, 4.69) is 16.9 Å². The lowest BCUT2D eigenvalue weighted by atomic mass is 10.3. The molecule has 0 amide bonds. The van der Waals surface area contributed by atoms with Crippen molar-refractivity contribution >= 4 is 34.4 Å². The minimum atomic E-state index is 0.500. The molecule has 5 heteroatoms. The van der Waals surface area contributed by atoms with Crippen LogP contribution in [0.5, 0.6) is 0 Å². The van der Waals surface area contributed by atoms with E-state index in [9.17, 15) is 4.39 Å². The molecule has 0 aliphatic heterocycles. The Bertz CT molecular complexity index is 465. The van der Waals surface area contributed by atoms with Gasteiger partial charge < -0.3 is 0 Å². The average Bonchev–Trinajstić information content (AvgIpc) is 2.32. The second-order valence-corrected chi connectivity index (χ2v) is 4.50. The lowest BCUT2D eigenvalue weighted by molar-refractivity contribution is 0.636. The van der Waals surface area contributed by atoms with E-state index in [4.69, 9.17) is 11.6 Å². The Morgan fingerprint density at radius 2 is 1.94 bits per heavy atom. The molecule has 2 nitrogen and oxygen atoms in total. The molecule has 0 saturated carbocycles. The summed E-state index contributed by atoms with van der Waals surface area (Å²) in [6.07, 6.45) is 3.38. The predicted octanol–water partition coefficient (Wildman–Crippen LogP) is 3.98. The maximum atomic E-state index is 9.50. The number of nitrogens with zero attached hydrogens (tertiary/aromatic N) is 2. The number of alkyl halides is 1. The molecule has 86 valence electrons. The molecule has 0 unspecified atom stereocenters. The van der Waals surface area contributed by atoms with E-state index in [1.54, 1.807) is 24.2 Å². The standard InChI is InChI=1S/C10H9ClN2S.CH3F/c1-2-14-9-6-7(11)5-8-10(9)13-4-3-12-8;1-2/h3-6H,2H2,1H3;1H3. The van der Waals surface area contributed by atoms with E-state index in [0.29, 0.717) is 12.2 Å². The smallest absolute Gasteiger partial charge is 0.102 e. The highest BCUT2D eigenvalue weighted by Crippen LogP contribution is 2.28. The van der Waals surface area contributed by atoms with Gasteiger partial charge in [0.05, 0.1) is 12.7 Å². The monoisotopic (exact) mass is 258 g/mol. The molecule has 0 atom stereocenters. The van der Waals surface area contributed by atoms with Crippen LogP contribution in [0.1, 0.15) is 6.92 Å². The van der Waals surface area contributed by atoms with Gasteiger partial charge in [0.15, 0.2) is 0 Å². The summed E-state index contributed by atoms with van der Waals surface area (Å²) in [6, 6.07) is 3.77. The van der Waals surface area contributed by atoms with Crippen LogP contribution in [0.2, 0.25) is 5.02 Å². The number of thioether (sulfide) groups is 1. The number of benzene rings is 1. The normalized spacial score (nSPS) is 9.75. The Morgan fingerprint density at radius 3 is 2.62 bits per heavy atom. The van der Waals surface area contributed by atoms with E-state index in [-0.39, 0.29) is 0 Å². The summed E-state index contributed by atoms with van der Waals surface area (Å²) in [5, 5.41) is 0.717. The minimum Gasteiger partial charge on any atom is -0.255 e. The van der Waals surface area contributed by atoms with Crippen LogP contribution in [0.25, 0.3) is 11.0 Å². The first-order valence-corrected chi connectivity index (χ1v) is 6.08. The summed E-state index contributed by atoms with van der Waals surface area (Å²) in [6.45, 7) is 2.10. The summed E-state index contributed by atoms with van der Waals surface area (Å²) < 4.78 is 9.50. The van der Waals surface area contributed by atoms with Gasteiger partial charge in [-0.1, -0.05) is 18.5 Å². The number of aromatic nitrogens is 2. The van der Waals surface area contributed by atoms with Crippen molar-refractivity contribution in [1.82, 2.24) is 9.97 Å². The Balaban J connectivity index is 0.000000606. The second kappa shape index (κ2) is 6.66. The summed E-state index contributed by atoms with van der Waals surface area (Å²) in [5.41, 5.74) is 1.79. The molecule has 0 aliphatic carbocycles. The first-order chi connectivity index (χ1) is 7.81. The van der Waals surface area contributed by atoms with E-state index in [1.165, 1.54) is 0 Å². The maximum absolute atomic E-state index is 9.50. The first-order valence-electron chi connectivity index (χ1n) is 4.72. The fourth-order valence-electron chi connectivity index (χ4n) is 1.28. The van der Waals surface area contributed by atoms with Gasteiger partial charge in [-0.2, -0.15) is 0 Å². The lowest BCUT2D eigenvalue weighted by Gasteiger charge is -2.03. The molecule has 0 fully saturated rings. The Labute approximate surface area is 103 Å². The summed E-state index contributed by atoms with van der Waals surface area (Å²) in [5.74, 6) is 1.01. The van der Waals surface area contributed by atoms with Crippen molar-refractivity contribution in [2.75, 3.05) is 12.9 Å². The number of rotatable bonds is 2. The van der Waals surface area contributed by atoms with Gasteiger partial charge in [0, 0.05) is 22.3 Å². The molecule has 2 aromatic rings. The zero-order valence-electron chi connectivity index (χ0n) is 9.08. The number of hydrogen-bond acceptors (Lipinski definition) is 3. The molecule has 0 aliphatic rings. The van der Waals surface area contributed by atoms with E-state index < -0.39 is 0 Å². The summed E-state index contributed by atoms with van der Waals surface area (Å²) in [4.78, 5) is 9.62. The van der Waals surface area contributed by atoms with Crippen LogP contribution in [0.4, 0.5) is 4.39 Å². The van der Waals surface area contributed by atoms with E-state index in [0.717, 1.165) is 21.7 Å². The van der Waals surface area contributed by atoms with Crippen molar-refractivity contribution in [3.8, 4) is 0 Å². The third-order valence-corrected chi connectivity index (χ3v) is 2.93. The van der Waals surface area contributed by atoms with Crippen molar-refractivity contribution in [1.29, 1.82) is 0 Å². The SMILES string of the molecule is CCSc1cc(Cl)cc2nccnc12.CF. The fraction of sp³-hybridized carbons (Fsp3) is 0.273. The van der Waals surface area contributed by atoms with Crippen LogP contribution in [0.3, 0.4) is 0 Å². The first kappa shape index (κ1) is 13.2. The van der Waals surface area contributed by atoms with Crippen LogP contribution in [-0.2, 0) is 0 Å². The molecule has 0 spiro atoms. The number of hydrogen-bond donors (Lipinski definition) is 0. The van der Waals surface area contributed by atoms with Crippen molar-refractivity contribution in [2.45, 2.75) is 11.8 Å². The zero-order valence-corrected chi connectivity index (χ0v) is 10.6. The van der Waals surface area contributed by atoms with Crippen LogP contribution in [-0.4, -0.2) is 22.9 Å². The van der Waals surface area contributed by atoms with Gasteiger partial charge in [0.25, 0.3) is 0 Å². The molecule has 1 heterocycles. The predicted molar refractivity (Wildman–Crippen MR) is 68.0 cm³/mol. The van der Waals surface area contributed by atoms with Gasteiger partial charge in [-0.15, -0.1) is 11.8 Å². The largest absolute Gasteiger partial charge is 0.255 e. The van der Waals surface area contributed by atoms with Crippen molar-refractivity contribution in [3.63, 3.8) is 0 Å². The van der Waals surface area contributed by atoms with Gasteiger partial charge in [-0.3, -0.25) is 14.4 Å². The maximum Gasteiger partial charge on any atom is 0.102 e. The molecule has 0 radical (unpaired) electrons. The molecule has 0 N–H and O–H groups in total.